The summed E-state index contributed by atoms with van der Waals surface area (Å²) in [5, 5.41) is 12.4. The molecule has 0 bridgehead atoms. The second kappa shape index (κ2) is 13.7. The molecule has 13 heteroatoms. The molecule has 1 aromatic rings. The van der Waals surface area contributed by atoms with Gasteiger partial charge in [-0.1, -0.05) is 6.08 Å². The highest BCUT2D eigenvalue weighted by molar-refractivity contribution is 5.98. The van der Waals surface area contributed by atoms with Crippen LogP contribution in [-0.4, -0.2) is 63.8 Å². The molecule has 0 heterocycles. The van der Waals surface area contributed by atoms with Crippen LogP contribution in [0.1, 0.15) is 49.3 Å². The Morgan fingerprint density at radius 1 is 1.05 bits per heavy atom. The third-order valence-electron chi connectivity index (χ3n) is 6.87. The highest BCUT2D eigenvalue weighted by atomic mass is 16.9. The quantitative estimate of drug-likeness (QED) is 0.172. The number of nitrogens with zero attached hydrogens (tertiary/aromatic N) is 1. The molecule has 0 radical (unpaired) electrons. The van der Waals surface area contributed by atoms with Crippen LogP contribution in [0, 0.1) is 16.0 Å². The summed E-state index contributed by atoms with van der Waals surface area (Å²) in [7, 11) is 5.84. The lowest BCUT2D eigenvalue weighted by Crippen LogP contribution is -2.40. The van der Waals surface area contributed by atoms with Crippen LogP contribution in [0.4, 0.5) is 0 Å². The highest BCUT2D eigenvalue weighted by Gasteiger charge is 2.39. The Balaban J connectivity index is 2.13. The number of esters is 1. The maximum Gasteiger partial charge on any atom is 0.306 e. The molecule has 0 saturated carbocycles. The van der Waals surface area contributed by atoms with E-state index in [9.17, 15) is 24.5 Å². The molecular formula is C27H34N2O11. The van der Waals surface area contributed by atoms with Crippen LogP contribution < -0.4 is 19.5 Å². The van der Waals surface area contributed by atoms with Gasteiger partial charge in [-0.15, -0.1) is 10.1 Å². The van der Waals surface area contributed by atoms with E-state index in [0.717, 1.165) is 11.1 Å². The Morgan fingerprint density at radius 2 is 1.75 bits per heavy atom. The van der Waals surface area contributed by atoms with Gasteiger partial charge in [0.1, 0.15) is 6.61 Å². The number of allylic oxidation sites excluding steroid dienone is 3. The maximum absolute atomic E-state index is 13.0. The number of methoxy groups -OCH3 is 4. The topological polar surface area (TPSA) is 162 Å². The van der Waals surface area contributed by atoms with Gasteiger partial charge in [-0.25, -0.2) is 0 Å². The third kappa shape index (κ3) is 6.64. The number of hydrogen-bond donors (Lipinski definition) is 1. The summed E-state index contributed by atoms with van der Waals surface area (Å²) >= 11 is 0. The predicted molar refractivity (Wildman–Crippen MR) is 140 cm³/mol. The first-order chi connectivity index (χ1) is 19.2. The zero-order valence-corrected chi connectivity index (χ0v) is 23.2. The summed E-state index contributed by atoms with van der Waals surface area (Å²) in [5.74, 6) is -0.260. The first-order valence-corrected chi connectivity index (χ1v) is 12.7. The number of ether oxygens (including phenoxy) is 5. The third-order valence-corrected chi connectivity index (χ3v) is 6.87. The minimum atomic E-state index is -0.920. The molecule has 2 aliphatic rings. The Morgan fingerprint density at radius 3 is 2.35 bits per heavy atom. The zero-order valence-electron chi connectivity index (χ0n) is 23.2. The molecule has 1 N–H and O–H groups in total. The van der Waals surface area contributed by atoms with Gasteiger partial charge < -0.3 is 33.8 Å². The number of carbonyl (C=O) groups excluding carboxylic acids is 3. The lowest BCUT2D eigenvalue weighted by atomic mass is 9.83. The van der Waals surface area contributed by atoms with E-state index in [4.69, 9.17) is 23.7 Å². The van der Waals surface area contributed by atoms with Crippen molar-refractivity contribution in [2.75, 3.05) is 35.0 Å². The number of rotatable bonds is 12. The molecule has 0 aromatic heterocycles. The number of carbonyl (C=O) groups is 3. The lowest BCUT2D eigenvalue weighted by Gasteiger charge is -2.28. The molecule has 218 valence electrons. The van der Waals surface area contributed by atoms with Gasteiger partial charge >= 0.3 is 5.97 Å². The molecule has 0 spiro atoms. The first kappa shape index (κ1) is 30.3. The van der Waals surface area contributed by atoms with E-state index in [1.165, 1.54) is 35.4 Å². The van der Waals surface area contributed by atoms with E-state index >= 15 is 0 Å². The van der Waals surface area contributed by atoms with Gasteiger partial charge in [-0.2, -0.15) is 0 Å². The van der Waals surface area contributed by atoms with Gasteiger partial charge in [0.25, 0.3) is 5.09 Å². The van der Waals surface area contributed by atoms with Crippen molar-refractivity contribution in [3.05, 3.63) is 44.7 Å². The van der Waals surface area contributed by atoms with E-state index in [-0.39, 0.29) is 61.7 Å². The van der Waals surface area contributed by atoms with Crippen LogP contribution in [0.5, 0.6) is 17.2 Å². The molecule has 2 aliphatic carbocycles. The largest absolute Gasteiger partial charge is 0.493 e. The summed E-state index contributed by atoms with van der Waals surface area (Å²) in [6, 6.07) is -0.386. The molecule has 0 aliphatic heterocycles. The number of amides is 1. The molecule has 3 rings (SSSR count). The summed E-state index contributed by atoms with van der Waals surface area (Å²) in [6.45, 7) is 1.02. The van der Waals surface area contributed by atoms with E-state index in [1.54, 1.807) is 12.2 Å². The normalized spacial score (nSPS) is 18.0. The average molecular weight is 563 g/mol. The minimum Gasteiger partial charge on any atom is -0.493 e. The molecule has 1 amide bonds. The molecule has 13 nitrogen and oxygen atoms in total. The fourth-order valence-electron chi connectivity index (χ4n) is 5.23. The number of Topliss-reactive ketones (excluding diaryl/α,β-unsaturated/α-hetero) is 1. The summed E-state index contributed by atoms with van der Waals surface area (Å²) in [4.78, 5) is 52.2. The number of hydrogen-bond acceptors (Lipinski definition) is 11. The highest BCUT2D eigenvalue weighted by Crippen LogP contribution is 2.52. The summed E-state index contributed by atoms with van der Waals surface area (Å²) < 4.78 is 28.1. The predicted octanol–water partition coefficient (Wildman–Crippen LogP) is 2.70. The Bertz CT molecular complexity index is 1220. The Hall–Kier alpha value is -4.29. The van der Waals surface area contributed by atoms with Crippen molar-refractivity contribution in [3.63, 3.8) is 0 Å². The molecule has 0 saturated heterocycles. The monoisotopic (exact) mass is 562 g/mol. The van der Waals surface area contributed by atoms with Crippen molar-refractivity contribution in [2.24, 2.45) is 5.92 Å². The van der Waals surface area contributed by atoms with Crippen LogP contribution in [0.3, 0.4) is 0 Å². The van der Waals surface area contributed by atoms with Crippen LogP contribution in [0.15, 0.2) is 17.9 Å². The Labute approximate surface area is 231 Å². The fraction of sp³-hybridized carbons (Fsp3) is 0.519. The van der Waals surface area contributed by atoms with Crippen molar-refractivity contribution >= 4 is 23.2 Å². The fourth-order valence-corrected chi connectivity index (χ4v) is 5.23. The van der Waals surface area contributed by atoms with Crippen LogP contribution in [-0.2, 0) is 41.7 Å². The van der Waals surface area contributed by atoms with E-state index in [2.05, 4.69) is 10.2 Å². The standard InChI is InChI=1S/C27H34N2O11/c1-15(30)28-20-10-8-17-19(14-39-23(32)7-6-12-40-29(33)34)25(36-3)27(38-5)26(37-4)24(17)16-9-11-22(35-2)21(31)13-18(16)20/h9,11,18,20H,6-8,10,12-14H2,1-5H3,(H,28,30)/t18?,20-/m0/s1. The number of benzene rings is 1. The van der Waals surface area contributed by atoms with Crippen LogP contribution in [0.25, 0.3) is 5.57 Å². The van der Waals surface area contributed by atoms with Gasteiger partial charge in [0.2, 0.25) is 11.7 Å². The summed E-state index contributed by atoms with van der Waals surface area (Å²) in [5.41, 5.74) is 2.68. The molecule has 1 unspecified atom stereocenters. The molecule has 40 heavy (non-hydrogen) atoms. The van der Waals surface area contributed by atoms with Gasteiger partial charge in [0, 0.05) is 42.9 Å². The average Bonchev–Trinajstić information content (AvgIpc) is 3.17. The second-order valence-corrected chi connectivity index (χ2v) is 9.19. The smallest absolute Gasteiger partial charge is 0.306 e. The minimum absolute atomic E-state index is 0.0871. The molecular weight excluding hydrogens is 528 g/mol. The van der Waals surface area contributed by atoms with Crippen molar-refractivity contribution in [3.8, 4) is 17.2 Å². The van der Waals surface area contributed by atoms with Crippen LogP contribution in [0.2, 0.25) is 0 Å². The first-order valence-electron chi connectivity index (χ1n) is 12.7. The van der Waals surface area contributed by atoms with Gasteiger partial charge in [0.15, 0.2) is 23.0 Å². The van der Waals surface area contributed by atoms with Gasteiger partial charge in [-0.05, 0) is 36.5 Å². The van der Waals surface area contributed by atoms with Crippen molar-refractivity contribution < 1.29 is 48.0 Å². The Kier molecular flexibility index (Phi) is 10.3. The van der Waals surface area contributed by atoms with E-state index in [0.29, 0.717) is 35.5 Å². The van der Waals surface area contributed by atoms with Gasteiger partial charge in [-0.3, -0.25) is 14.4 Å². The molecule has 0 fully saturated rings. The number of fused-ring (bicyclic) bond motifs is 3. The van der Waals surface area contributed by atoms with Crippen molar-refractivity contribution in [1.29, 1.82) is 0 Å². The lowest BCUT2D eigenvalue weighted by molar-refractivity contribution is -0.757. The molecule has 1 aromatic carbocycles. The van der Waals surface area contributed by atoms with Gasteiger partial charge in [0.05, 0.1) is 35.0 Å². The maximum atomic E-state index is 13.0. The van der Waals surface area contributed by atoms with E-state index in [1.807, 2.05) is 0 Å². The van der Waals surface area contributed by atoms with E-state index < -0.39 is 17.0 Å². The van der Waals surface area contributed by atoms with Crippen LogP contribution >= 0.6 is 0 Å². The van der Waals surface area contributed by atoms with Crippen molar-refractivity contribution in [1.82, 2.24) is 5.32 Å². The number of ketones is 1. The molecule has 2 atom stereocenters. The van der Waals surface area contributed by atoms with Crippen molar-refractivity contribution in [2.45, 2.75) is 51.7 Å². The SMILES string of the molecule is COC1=CC=C2c3c(c(COC(=O)CCCO[N+](=O)[O-])c(OC)c(OC)c3OC)CC[C@H](NC(C)=O)C2CC1=O. The summed E-state index contributed by atoms with van der Waals surface area (Å²) in [6.07, 6.45) is 4.40. The number of nitrogens with one attached hydrogen (secondary N) is 1. The zero-order chi connectivity index (χ0) is 29.4. The second-order valence-electron chi connectivity index (χ2n) is 9.19.